The lowest BCUT2D eigenvalue weighted by molar-refractivity contribution is 0.175. The van der Waals surface area contributed by atoms with Gasteiger partial charge in [0.2, 0.25) is 0 Å². The van der Waals surface area contributed by atoms with Crippen LogP contribution in [0.2, 0.25) is 10.0 Å². The number of aromatic amines is 1. The highest BCUT2D eigenvalue weighted by molar-refractivity contribution is 6.35. The van der Waals surface area contributed by atoms with E-state index in [4.69, 9.17) is 27.9 Å². The lowest BCUT2D eigenvalue weighted by atomic mass is 9.94. The molecule has 0 radical (unpaired) electrons. The molecule has 0 bridgehead atoms. The third-order valence-corrected chi connectivity index (χ3v) is 7.88. The Balaban J connectivity index is 1.26. The highest BCUT2D eigenvalue weighted by atomic mass is 35.5. The van der Waals surface area contributed by atoms with Gasteiger partial charge in [0.25, 0.3) is 0 Å². The number of hydrogen-bond donors (Lipinski definition) is 1. The van der Waals surface area contributed by atoms with Gasteiger partial charge in [-0.3, -0.25) is 15.0 Å². The summed E-state index contributed by atoms with van der Waals surface area (Å²) in [5, 5.41) is 9.56. The molecular weight excluding hydrogens is 503 g/mol. The van der Waals surface area contributed by atoms with Gasteiger partial charge in [0.1, 0.15) is 11.9 Å². The van der Waals surface area contributed by atoms with E-state index in [-0.39, 0.29) is 6.10 Å². The summed E-state index contributed by atoms with van der Waals surface area (Å²) in [6, 6.07) is 14.7. The average molecular weight is 536 g/mol. The molecule has 37 heavy (non-hydrogen) atoms. The number of piperidine rings is 1. The van der Waals surface area contributed by atoms with Crippen molar-refractivity contribution < 1.29 is 4.74 Å². The Morgan fingerprint density at radius 1 is 1.05 bits per heavy atom. The molecule has 2 aromatic carbocycles. The zero-order chi connectivity index (χ0) is 25.8. The van der Waals surface area contributed by atoms with Gasteiger partial charge in [-0.2, -0.15) is 5.10 Å². The summed E-state index contributed by atoms with van der Waals surface area (Å²) in [5.41, 5.74) is 5.03. The lowest BCUT2D eigenvalue weighted by Gasteiger charge is -2.31. The van der Waals surface area contributed by atoms with Gasteiger partial charge >= 0.3 is 0 Å². The number of nitrogens with one attached hydrogen (secondary N) is 1. The molecule has 1 aliphatic rings. The van der Waals surface area contributed by atoms with Crippen molar-refractivity contribution in [2.24, 2.45) is 5.92 Å². The first-order valence-corrected chi connectivity index (χ1v) is 13.7. The molecule has 0 aliphatic carbocycles. The number of H-pyrrole nitrogens is 1. The minimum absolute atomic E-state index is 0.331. The van der Waals surface area contributed by atoms with Crippen LogP contribution in [0.15, 0.2) is 54.9 Å². The SMILES string of the molecule is CCC1CCN(Cc2ccc(/C=C/c3n[nH]c4ccc(OC(C)c5c(Cl)cncc5Cl)cc34)cc2)CC1. The predicted octanol–water partition coefficient (Wildman–Crippen LogP) is 8.20. The monoisotopic (exact) mass is 534 g/mol. The first-order valence-electron chi connectivity index (χ1n) is 12.9. The van der Waals surface area contributed by atoms with Crippen LogP contribution >= 0.6 is 23.2 Å². The Kier molecular flexibility index (Phi) is 8.14. The maximum Gasteiger partial charge on any atom is 0.124 e. The molecule has 3 heterocycles. The molecule has 1 atom stereocenters. The van der Waals surface area contributed by atoms with Crippen molar-refractivity contribution in [2.45, 2.75) is 45.8 Å². The van der Waals surface area contributed by atoms with Crippen LogP contribution < -0.4 is 4.74 Å². The second kappa shape index (κ2) is 11.7. The van der Waals surface area contributed by atoms with Gasteiger partial charge in [-0.05, 0) is 74.2 Å². The van der Waals surface area contributed by atoms with Crippen molar-refractivity contribution in [1.29, 1.82) is 0 Å². The van der Waals surface area contributed by atoms with Crippen LogP contribution in [0.5, 0.6) is 5.75 Å². The zero-order valence-electron chi connectivity index (χ0n) is 21.3. The van der Waals surface area contributed by atoms with E-state index in [9.17, 15) is 0 Å². The molecular formula is C30H32Cl2N4O. The first kappa shape index (κ1) is 25.8. The van der Waals surface area contributed by atoms with E-state index in [2.05, 4.69) is 57.3 Å². The van der Waals surface area contributed by atoms with Gasteiger partial charge in [0.05, 0.1) is 21.3 Å². The molecule has 0 amide bonds. The highest BCUT2D eigenvalue weighted by Crippen LogP contribution is 2.33. The number of aromatic nitrogens is 3. The molecule has 5 nitrogen and oxygen atoms in total. The summed E-state index contributed by atoms with van der Waals surface area (Å²) >= 11 is 12.6. The largest absolute Gasteiger partial charge is 0.486 e. The standard InChI is InChI=1S/C30H32Cl2N4O/c1-3-21-12-14-36(15-13-21)19-23-6-4-22(5-7-23)8-10-28-25-16-24(9-11-29(25)35-34-28)37-20(2)30-26(31)17-33-18-27(30)32/h4-11,16-18,20-21H,3,12-15,19H2,1-2H3,(H,34,35)/b10-8+. The predicted molar refractivity (Wildman–Crippen MR) is 153 cm³/mol. The molecule has 0 saturated carbocycles. The van der Waals surface area contributed by atoms with Crippen molar-refractivity contribution in [1.82, 2.24) is 20.1 Å². The van der Waals surface area contributed by atoms with Crippen LogP contribution in [0.1, 0.15) is 61.6 Å². The maximum atomic E-state index is 6.31. The number of ether oxygens (including phenoxy) is 1. The Morgan fingerprint density at radius 2 is 1.78 bits per heavy atom. The van der Waals surface area contributed by atoms with Gasteiger partial charge in [-0.1, -0.05) is 66.9 Å². The Labute approximate surface area is 228 Å². The van der Waals surface area contributed by atoms with Crippen LogP contribution in [0.4, 0.5) is 0 Å². The summed E-state index contributed by atoms with van der Waals surface area (Å²) in [6.07, 6.45) is 10.9. The van der Waals surface area contributed by atoms with Gasteiger partial charge in [-0.25, -0.2) is 0 Å². The van der Waals surface area contributed by atoms with E-state index in [1.807, 2.05) is 31.2 Å². The van der Waals surface area contributed by atoms with Gasteiger partial charge in [-0.15, -0.1) is 0 Å². The number of likely N-dealkylation sites (tertiary alicyclic amines) is 1. The lowest BCUT2D eigenvalue weighted by Crippen LogP contribution is -2.32. The molecule has 7 heteroatoms. The molecule has 192 valence electrons. The summed E-state index contributed by atoms with van der Waals surface area (Å²) in [7, 11) is 0. The topological polar surface area (TPSA) is 54.0 Å². The van der Waals surface area contributed by atoms with Crippen molar-refractivity contribution in [3.63, 3.8) is 0 Å². The van der Waals surface area contributed by atoms with E-state index in [1.165, 1.54) is 37.9 Å². The fourth-order valence-electron chi connectivity index (χ4n) is 5.01. The number of pyridine rings is 1. The van der Waals surface area contributed by atoms with Crippen LogP contribution in [-0.4, -0.2) is 33.2 Å². The molecule has 0 spiro atoms. The van der Waals surface area contributed by atoms with Crippen LogP contribution in [0.3, 0.4) is 0 Å². The summed E-state index contributed by atoms with van der Waals surface area (Å²) < 4.78 is 6.18. The van der Waals surface area contributed by atoms with E-state index in [1.54, 1.807) is 12.4 Å². The Morgan fingerprint density at radius 3 is 2.49 bits per heavy atom. The molecule has 5 rings (SSSR count). The van der Waals surface area contributed by atoms with E-state index >= 15 is 0 Å². The highest BCUT2D eigenvalue weighted by Gasteiger charge is 2.18. The second-order valence-corrected chi connectivity index (χ2v) is 10.6. The van der Waals surface area contributed by atoms with E-state index in [0.717, 1.165) is 40.2 Å². The Bertz CT molecular complexity index is 1350. The van der Waals surface area contributed by atoms with Gasteiger partial charge in [0, 0.05) is 29.9 Å². The smallest absolute Gasteiger partial charge is 0.124 e. The third-order valence-electron chi connectivity index (χ3n) is 7.28. The van der Waals surface area contributed by atoms with Crippen LogP contribution in [-0.2, 0) is 6.54 Å². The molecule has 1 fully saturated rings. The fourth-order valence-corrected chi connectivity index (χ4v) is 5.68. The average Bonchev–Trinajstić information content (AvgIpc) is 3.31. The molecule has 1 unspecified atom stereocenters. The number of hydrogen-bond acceptors (Lipinski definition) is 4. The second-order valence-electron chi connectivity index (χ2n) is 9.80. The summed E-state index contributed by atoms with van der Waals surface area (Å²) in [5.74, 6) is 1.62. The first-order chi connectivity index (χ1) is 18.0. The minimum Gasteiger partial charge on any atom is -0.486 e. The Hall–Kier alpha value is -2.86. The van der Waals surface area contributed by atoms with Crippen LogP contribution in [0.25, 0.3) is 23.1 Å². The molecule has 2 aromatic heterocycles. The number of benzene rings is 2. The van der Waals surface area contributed by atoms with Crippen molar-refractivity contribution in [3.05, 3.63) is 87.3 Å². The van der Waals surface area contributed by atoms with Crippen molar-refractivity contribution >= 4 is 46.3 Å². The normalized spacial score (nSPS) is 16.0. The summed E-state index contributed by atoms with van der Waals surface area (Å²) in [4.78, 5) is 6.59. The third kappa shape index (κ3) is 6.18. The molecule has 1 aliphatic heterocycles. The minimum atomic E-state index is -0.331. The van der Waals surface area contributed by atoms with Crippen LogP contribution in [0, 0.1) is 5.92 Å². The zero-order valence-corrected chi connectivity index (χ0v) is 22.8. The summed E-state index contributed by atoms with van der Waals surface area (Å²) in [6.45, 7) is 7.67. The molecule has 1 N–H and O–H groups in total. The van der Waals surface area contributed by atoms with Crippen molar-refractivity contribution in [3.8, 4) is 5.75 Å². The molecule has 4 aromatic rings. The fraction of sp³-hybridized carbons (Fsp3) is 0.333. The number of fused-ring (bicyclic) bond motifs is 1. The van der Waals surface area contributed by atoms with Crippen molar-refractivity contribution in [2.75, 3.05) is 13.1 Å². The number of nitrogens with zero attached hydrogens (tertiary/aromatic N) is 3. The van der Waals surface area contributed by atoms with Gasteiger partial charge < -0.3 is 4.74 Å². The number of halogens is 2. The maximum absolute atomic E-state index is 6.31. The molecule has 1 saturated heterocycles. The van der Waals surface area contributed by atoms with E-state index in [0.29, 0.717) is 15.8 Å². The number of rotatable bonds is 8. The quantitative estimate of drug-likeness (QED) is 0.247. The van der Waals surface area contributed by atoms with E-state index < -0.39 is 0 Å². The van der Waals surface area contributed by atoms with Gasteiger partial charge in [0.15, 0.2) is 0 Å².